The molecular formula is C13H17ClN6. The van der Waals surface area contributed by atoms with Crippen molar-refractivity contribution < 1.29 is 0 Å². The molecule has 0 amide bonds. The van der Waals surface area contributed by atoms with Gasteiger partial charge in [0.1, 0.15) is 11.6 Å². The molecule has 0 bridgehead atoms. The molecule has 6 nitrogen and oxygen atoms in total. The molecule has 3 rings (SSSR count). The van der Waals surface area contributed by atoms with Crippen LogP contribution in [0.5, 0.6) is 0 Å². The Bertz CT molecular complexity index is 590. The van der Waals surface area contributed by atoms with Gasteiger partial charge in [0.25, 0.3) is 0 Å². The highest BCUT2D eigenvalue weighted by Crippen LogP contribution is 2.17. The zero-order valence-electron chi connectivity index (χ0n) is 11.5. The number of rotatable bonds is 3. The third kappa shape index (κ3) is 2.90. The zero-order chi connectivity index (χ0) is 13.9. The lowest BCUT2D eigenvalue weighted by atomic mass is 10.1. The fraction of sp³-hybridized carbons (Fsp3) is 0.538. The molecule has 1 saturated heterocycles. The molecule has 0 aromatic carbocycles. The average molecular weight is 293 g/mol. The van der Waals surface area contributed by atoms with Crippen LogP contribution in [0.2, 0.25) is 5.28 Å². The largest absolute Gasteiger partial charge is 0.341 e. The number of halogens is 1. The Hall–Kier alpha value is -1.69. The van der Waals surface area contributed by atoms with Gasteiger partial charge in [-0.2, -0.15) is 9.97 Å². The molecule has 106 valence electrons. The second-order valence-corrected chi connectivity index (χ2v) is 5.34. The third-order valence-corrected chi connectivity index (χ3v) is 3.69. The van der Waals surface area contributed by atoms with Crippen molar-refractivity contribution in [1.29, 1.82) is 0 Å². The van der Waals surface area contributed by atoms with Gasteiger partial charge in [-0.15, -0.1) is 0 Å². The molecule has 0 unspecified atom stereocenters. The molecule has 2 aromatic heterocycles. The van der Waals surface area contributed by atoms with Crippen molar-refractivity contribution in [3.63, 3.8) is 0 Å². The lowest BCUT2D eigenvalue weighted by Crippen LogP contribution is -2.31. The van der Waals surface area contributed by atoms with Crippen LogP contribution in [0.15, 0.2) is 12.4 Å². The Balaban J connectivity index is 1.84. The number of hydrogen-bond acceptors (Lipinski definition) is 5. The van der Waals surface area contributed by atoms with E-state index in [4.69, 9.17) is 11.6 Å². The van der Waals surface area contributed by atoms with Crippen molar-refractivity contribution in [2.24, 2.45) is 7.05 Å². The molecule has 1 fully saturated rings. The molecule has 0 saturated carbocycles. The van der Waals surface area contributed by atoms with Crippen LogP contribution in [-0.4, -0.2) is 37.6 Å². The molecule has 2 aromatic rings. The van der Waals surface area contributed by atoms with Gasteiger partial charge >= 0.3 is 0 Å². The highest BCUT2D eigenvalue weighted by atomic mass is 35.5. The smallest absolute Gasteiger partial charge is 0.229 e. The van der Waals surface area contributed by atoms with E-state index in [0.29, 0.717) is 18.2 Å². The van der Waals surface area contributed by atoms with Crippen LogP contribution in [0.4, 0.5) is 5.95 Å². The Morgan fingerprint density at radius 1 is 1.15 bits per heavy atom. The monoisotopic (exact) mass is 292 g/mol. The lowest BCUT2D eigenvalue weighted by molar-refractivity contribution is 0.566. The normalized spacial score (nSPS) is 15.6. The molecule has 0 N–H and O–H groups in total. The number of aromatic nitrogens is 5. The standard InChI is InChI=1S/C13H17ClN6/c1-19-8-5-15-11(19)9-10-16-12(14)18-13(17-10)20-6-3-2-4-7-20/h5,8H,2-4,6-7,9H2,1H3. The van der Waals surface area contributed by atoms with Crippen LogP contribution < -0.4 is 4.90 Å². The molecule has 1 aliphatic heterocycles. The topological polar surface area (TPSA) is 59.7 Å². The fourth-order valence-corrected chi connectivity index (χ4v) is 2.58. The molecule has 0 spiro atoms. The van der Waals surface area contributed by atoms with E-state index >= 15 is 0 Å². The van der Waals surface area contributed by atoms with Crippen molar-refractivity contribution in [1.82, 2.24) is 24.5 Å². The highest BCUT2D eigenvalue weighted by Gasteiger charge is 2.16. The van der Waals surface area contributed by atoms with E-state index in [-0.39, 0.29) is 5.28 Å². The fourth-order valence-electron chi connectivity index (χ4n) is 2.40. The number of nitrogens with zero attached hydrogens (tertiary/aromatic N) is 6. The Kier molecular flexibility index (Phi) is 3.82. The number of piperidine rings is 1. The van der Waals surface area contributed by atoms with Gasteiger partial charge in [-0.25, -0.2) is 9.97 Å². The average Bonchev–Trinajstić information content (AvgIpc) is 2.85. The van der Waals surface area contributed by atoms with E-state index in [1.54, 1.807) is 6.20 Å². The number of imidazole rings is 1. The van der Waals surface area contributed by atoms with Gasteiger partial charge in [0, 0.05) is 32.5 Å². The van der Waals surface area contributed by atoms with Crippen LogP contribution in [0.25, 0.3) is 0 Å². The van der Waals surface area contributed by atoms with E-state index in [1.165, 1.54) is 19.3 Å². The van der Waals surface area contributed by atoms with Gasteiger partial charge in [-0.3, -0.25) is 0 Å². The Morgan fingerprint density at radius 2 is 1.95 bits per heavy atom. The van der Waals surface area contributed by atoms with Gasteiger partial charge in [0.2, 0.25) is 11.2 Å². The minimum Gasteiger partial charge on any atom is -0.341 e. The second-order valence-electron chi connectivity index (χ2n) is 5.00. The molecule has 0 aliphatic carbocycles. The van der Waals surface area contributed by atoms with Crippen molar-refractivity contribution >= 4 is 17.5 Å². The summed E-state index contributed by atoms with van der Waals surface area (Å²) in [4.78, 5) is 19.5. The van der Waals surface area contributed by atoms with Gasteiger partial charge in [-0.05, 0) is 30.9 Å². The first-order chi connectivity index (χ1) is 9.72. The molecule has 1 aliphatic rings. The molecule has 20 heavy (non-hydrogen) atoms. The van der Waals surface area contributed by atoms with Gasteiger partial charge in [-0.1, -0.05) is 0 Å². The van der Waals surface area contributed by atoms with Crippen molar-refractivity contribution in [2.45, 2.75) is 25.7 Å². The van der Waals surface area contributed by atoms with Gasteiger partial charge in [0.15, 0.2) is 0 Å². The summed E-state index contributed by atoms with van der Waals surface area (Å²) < 4.78 is 1.96. The molecule has 7 heteroatoms. The Labute approximate surface area is 122 Å². The first-order valence-electron chi connectivity index (χ1n) is 6.84. The second kappa shape index (κ2) is 5.75. The predicted molar refractivity (Wildman–Crippen MR) is 76.9 cm³/mol. The summed E-state index contributed by atoms with van der Waals surface area (Å²) in [7, 11) is 1.96. The third-order valence-electron chi connectivity index (χ3n) is 3.52. The van der Waals surface area contributed by atoms with Gasteiger partial charge < -0.3 is 9.47 Å². The summed E-state index contributed by atoms with van der Waals surface area (Å²) in [5, 5.41) is 0.254. The van der Waals surface area contributed by atoms with Crippen molar-refractivity contribution in [3.05, 3.63) is 29.3 Å². The number of aryl methyl sites for hydroxylation is 1. The van der Waals surface area contributed by atoms with E-state index < -0.39 is 0 Å². The predicted octanol–water partition coefficient (Wildman–Crippen LogP) is 1.84. The number of hydrogen-bond donors (Lipinski definition) is 0. The summed E-state index contributed by atoms with van der Waals surface area (Å²) >= 11 is 6.03. The van der Waals surface area contributed by atoms with E-state index in [2.05, 4.69) is 24.8 Å². The first kappa shape index (κ1) is 13.3. The molecule has 0 atom stereocenters. The van der Waals surface area contributed by atoms with Gasteiger partial charge in [0.05, 0.1) is 6.42 Å². The van der Waals surface area contributed by atoms with Crippen LogP contribution in [0, 0.1) is 0 Å². The van der Waals surface area contributed by atoms with E-state index in [1.807, 2.05) is 17.8 Å². The first-order valence-corrected chi connectivity index (χ1v) is 7.22. The maximum atomic E-state index is 6.03. The quantitative estimate of drug-likeness (QED) is 0.864. The summed E-state index contributed by atoms with van der Waals surface area (Å²) in [5.41, 5.74) is 0. The van der Waals surface area contributed by atoms with Crippen molar-refractivity contribution in [2.75, 3.05) is 18.0 Å². The summed E-state index contributed by atoms with van der Waals surface area (Å²) in [6.45, 7) is 1.98. The zero-order valence-corrected chi connectivity index (χ0v) is 12.2. The molecular weight excluding hydrogens is 276 g/mol. The minimum absolute atomic E-state index is 0.254. The van der Waals surface area contributed by atoms with Crippen LogP contribution in [0.3, 0.4) is 0 Å². The molecule has 0 radical (unpaired) electrons. The number of anilines is 1. The maximum Gasteiger partial charge on any atom is 0.229 e. The van der Waals surface area contributed by atoms with Crippen LogP contribution in [0.1, 0.15) is 30.9 Å². The highest BCUT2D eigenvalue weighted by molar-refractivity contribution is 6.28. The summed E-state index contributed by atoms with van der Waals surface area (Å²) in [6.07, 6.45) is 7.87. The minimum atomic E-state index is 0.254. The van der Waals surface area contributed by atoms with E-state index in [0.717, 1.165) is 18.9 Å². The maximum absolute atomic E-state index is 6.03. The Morgan fingerprint density at radius 3 is 2.65 bits per heavy atom. The SMILES string of the molecule is Cn1ccnc1Cc1nc(Cl)nc(N2CCCCC2)n1. The molecule has 3 heterocycles. The summed E-state index contributed by atoms with van der Waals surface area (Å²) in [5.74, 6) is 2.27. The summed E-state index contributed by atoms with van der Waals surface area (Å²) in [6, 6.07) is 0. The van der Waals surface area contributed by atoms with Crippen molar-refractivity contribution in [3.8, 4) is 0 Å². The van der Waals surface area contributed by atoms with Crippen LogP contribution >= 0.6 is 11.6 Å². The van der Waals surface area contributed by atoms with Crippen LogP contribution in [-0.2, 0) is 13.5 Å². The lowest BCUT2D eigenvalue weighted by Gasteiger charge is -2.26. The van der Waals surface area contributed by atoms with E-state index in [9.17, 15) is 0 Å².